The molecule has 0 aromatic heterocycles. The maximum atomic E-state index is 9.74. The minimum atomic E-state index is 0.540. The van der Waals surface area contributed by atoms with Gasteiger partial charge in [0.05, 0.1) is 6.61 Å². The summed E-state index contributed by atoms with van der Waals surface area (Å²) in [5.74, 6) is 0.745. The maximum absolute atomic E-state index is 9.74. The molecule has 0 unspecified atom stereocenters. The van der Waals surface area contributed by atoms with Crippen molar-refractivity contribution in [2.75, 3.05) is 26.7 Å². The van der Waals surface area contributed by atoms with Crippen molar-refractivity contribution in [2.24, 2.45) is 5.92 Å². The number of hydrogen-bond acceptors (Lipinski definition) is 3. The highest BCUT2D eigenvalue weighted by Crippen LogP contribution is 2.18. The molecule has 1 saturated heterocycles. The van der Waals surface area contributed by atoms with Crippen molar-refractivity contribution in [2.45, 2.75) is 19.3 Å². The molecule has 0 saturated carbocycles. The Labute approximate surface area is 73.7 Å². The molecule has 1 aliphatic heterocycles. The summed E-state index contributed by atoms with van der Waals surface area (Å²) in [6.07, 6.45) is 3.47. The molecule has 3 heteroatoms. The summed E-state index contributed by atoms with van der Waals surface area (Å²) in [7, 11) is 2.14. The molecular weight excluding hydrogens is 154 g/mol. The average Bonchev–Trinajstić information content (AvgIpc) is 2.09. The smallest absolute Gasteiger partial charge is 0.417 e. The van der Waals surface area contributed by atoms with Crippen LogP contribution in [0.1, 0.15) is 19.3 Å². The van der Waals surface area contributed by atoms with Gasteiger partial charge < -0.3 is 9.64 Å². The van der Waals surface area contributed by atoms with Gasteiger partial charge in [-0.1, -0.05) is 0 Å². The third-order valence-corrected chi connectivity index (χ3v) is 2.53. The zero-order valence-corrected chi connectivity index (χ0v) is 7.58. The molecule has 0 bridgehead atoms. The highest BCUT2D eigenvalue weighted by atomic mass is 16.5. The van der Waals surface area contributed by atoms with Crippen LogP contribution in [0.4, 0.5) is 0 Å². The molecule has 0 aromatic rings. The number of ether oxygens (including phenoxy) is 1. The molecule has 1 aliphatic rings. The average molecular weight is 170 g/mol. The van der Waals surface area contributed by atoms with Crippen LogP contribution in [0.15, 0.2) is 0 Å². The third kappa shape index (κ3) is 3.22. The number of carbonyl (C=O) groups excluding carboxylic acids is 1. The lowest BCUT2D eigenvalue weighted by atomic mass is 9.94. The summed E-state index contributed by atoms with van der Waals surface area (Å²) >= 11 is 0. The Morgan fingerprint density at radius 1 is 1.50 bits per heavy atom. The van der Waals surface area contributed by atoms with E-state index in [-0.39, 0.29) is 0 Å². The summed E-state index contributed by atoms with van der Waals surface area (Å²) < 4.78 is 4.54. The summed E-state index contributed by atoms with van der Waals surface area (Å²) in [6.45, 7) is 4.35. The van der Waals surface area contributed by atoms with E-state index in [1.165, 1.54) is 32.4 Å². The van der Waals surface area contributed by atoms with E-state index in [2.05, 4.69) is 16.7 Å². The lowest BCUT2D eigenvalue weighted by Crippen LogP contribution is -2.30. The van der Waals surface area contributed by atoms with E-state index in [0.29, 0.717) is 6.61 Å². The second-order valence-electron chi connectivity index (χ2n) is 3.47. The van der Waals surface area contributed by atoms with Crippen LogP contribution in [-0.4, -0.2) is 38.1 Å². The van der Waals surface area contributed by atoms with Gasteiger partial charge in [-0.3, -0.25) is 0 Å². The first-order chi connectivity index (χ1) is 5.83. The molecule has 1 heterocycles. The molecule has 0 aliphatic carbocycles. The number of rotatable bonds is 4. The number of nitrogens with zero attached hydrogens (tertiary/aromatic N) is 1. The van der Waals surface area contributed by atoms with Gasteiger partial charge in [0.15, 0.2) is 0 Å². The first kappa shape index (κ1) is 9.52. The number of hydrogen-bond donors (Lipinski definition) is 0. The van der Waals surface area contributed by atoms with Gasteiger partial charge >= 0.3 is 6.47 Å². The molecule has 0 N–H and O–H groups in total. The normalized spacial score (nSPS) is 20.8. The van der Waals surface area contributed by atoms with Crippen molar-refractivity contribution in [1.29, 1.82) is 0 Å². The SMILES string of the molecule is CN1CCC(CCO[C]=O)CC1. The van der Waals surface area contributed by atoms with Crippen molar-refractivity contribution in [3.8, 4) is 0 Å². The van der Waals surface area contributed by atoms with Gasteiger partial charge in [-0.05, 0) is 45.3 Å². The van der Waals surface area contributed by atoms with Crippen molar-refractivity contribution in [1.82, 2.24) is 4.90 Å². The van der Waals surface area contributed by atoms with Crippen molar-refractivity contribution < 1.29 is 9.53 Å². The quantitative estimate of drug-likeness (QED) is 0.584. The van der Waals surface area contributed by atoms with Gasteiger partial charge in [-0.2, -0.15) is 0 Å². The van der Waals surface area contributed by atoms with Gasteiger partial charge in [0.1, 0.15) is 0 Å². The fourth-order valence-electron chi connectivity index (χ4n) is 1.62. The summed E-state index contributed by atoms with van der Waals surface area (Å²) in [5.41, 5.74) is 0. The number of piperidine rings is 1. The van der Waals surface area contributed by atoms with E-state index >= 15 is 0 Å². The number of likely N-dealkylation sites (tertiary alicyclic amines) is 1. The van der Waals surface area contributed by atoms with Gasteiger partial charge in [-0.25, -0.2) is 4.79 Å². The van der Waals surface area contributed by atoms with Crippen LogP contribution in [0.2, 0.25) is 0 Å². The predicted octanol–water partition coefficient (Wildman–Crippen LogP) is 0.802. The Hall–Kier alpha value is -0.570. The summed E-state index contributed by atoms with van der Waals surface area (Å²) in [4.78, 5) is 12.1. The zero-order valence-electron chi connectivity index (χ0n) is 7.58. The fraction of sp³-hybridized carbons (Fsp3) is 0.889. The standard InChI is InChI=1S/C9H16NO2/c1-10-5-2-9(3-6-10)4-7-12-8-11/h9H,2-7H2,1H3. The Morgan fingerprint density at radius 2 is 2.17 bits per heavy atom. The topological polar surface area (TPSA) is 29.5 Å². The second kappa shape index (κ2) is 5.14. The first-order valence-corrected chi connectivity index (χ1v) is 4.50. The van der Waals surface area contributed by atoms with Gasteiger partial charge in [0.2, 0.25) is 0 Å². The molecule has 1 rings (SSSR count). The predicted molar refractivity (Wildman–Crippen MR) is 46.5 cm³/mol. The molecule has 69 valence electrons. The molecule has 0 atom stereocenters. The largest absolute Gasteiger partial charge is 0.457 e. The van der Waals surface area contributed by atoms with Crippen LogP contribution >= 0.6 is 0 Å². The zero-order chi connectivity index (χ0) is 8.81. The first-order valence-electron chi connectivity index (χ1n) is 4.50. The minimum absolute atomic E-state index is 0.540. The maximum Gasteiger partial charge on any atom is 0.417 e. The van der Waals surface area contributed by atoms with E-state index in [1.807, 2.05) is 0 Å². The molecular formula is C9H16NO2. The van der Waals surface area contributed by atoms with Crippen LogP contribution in [-0.2, 0) is 9.53 Å². The summed E-state index contributed by atoms with van der Waals surface area (Å²) in [6, 6.07) is 0. The molecule has 1 radical (unpaired) electrons. The van der Waals surface area contributed by atoms with Crippen LogP contribution in [0.5, 0.6) is 0 Å². The molecule has 3 nitrogen and oxygen atoms in total. The molecule has 1 fully saturated rings. The van der Waals surface area contributed by atoms with E-state index in [0.717, 1.165) is 12.3 Å². The van der Waals surface area contributed by atoms with Crippen LogP contribution < -0.4 is 0 Å². The molecule has 0 spiro atoms. The van der Waals surface area contributed by atoms with E-state index < -0.39 is 0 Å². The van der Waals surface area contributed by atoms with E-state index in [9.17, 15) is 4.79 Å². The van der Waals surface area contributed by atoms with Crippen molar-refractivity contribution in [3.05, 3.63) is 0 Å². The highest BCUT2D eigenvalue weighted by molar-refractivity contribution is 5.38. The van der Waals surface area contributed by atoms with Crippen LogP contribution in [0.25, 0.3) is 0 Å². The minimum Gasteiger partial charge on any atom is -0.457 e. The van der Waals surface area contributed by atoms with Gasteiger partial charge in [0.25, 0.3) is 0 Å². The lowest BCUT2D eigenvalue weighted by Gasteiger charge is -2.28. The Kier molecular flexibility index (Phi) is 4.08. The Balaban J connectivity index is 2.05. The fourth-order valence-corrected chi connectivity index (χ4v) is 1.62. The summed E-state index contributed by atoms with van der Waals surface area (Å²) in [5, 5.41) is 0. The molecule has 0 aromatic carbocycles. The molecule has 0 amide bonds. The van der Waals surface area contributed by atoms with Crippen LogP contribution in [0, 0.1) is 5.92 Å². The van der Waals surface area contributed by atoms with E-state index in [4.69, 9.17) is 0 Å². The third-order valence-electron chi connectivity index (χ3n) is 2.53. The molecule has 12 heavy (non-hydrogen) atoms. The Morgan fingerprint density at radius 3 is 2.75 bits per heavy atom. The van der Waals surface area contributed by atoms with E-state index in [1.54, 1.807) is 0 Å². The van der Waals surface area contributed by atoms with Crippen molar-refractivity contribution in [3.63, 3.8) is 0 Å². The monoisotopic (exact) mass is 170 g/mol. The lowest BCUT2D eigenvalue weighted by molar-refractivity contribution is 0.181. The van der Waals surface area contributed by atoms with Crippen LogP contribution in [0.3, 0.4) is 0 Å². The van der Waals surface area contributed by atoms with Gasteiger partial charge in [-0.15, -0.1) is 0 Å². The second-order valence-corrected chi connectivity index (χ2v) is 3.47. The van der Waals surface area contributed by atoms with Gasteiger partial charge in [0, 0.05) is 0 Å². The Bertz CT molecular complexity index is 130. The van der Waals surface area contributed by atoms with Crippen molar-refractivity contribution >= 4 is 6.47 Å². The highest BCUT2D eigenvalue weighted by Gasteiger charge is 2.15.